The topological polar surface area (TPSA) is 40.5 Å². The van der Waals surface area contributed by atoms with Crippen molar-refractivity contribution in [2.45, 2.75) is 0 Å². The van der Waals surface area contributed by atoms with E-state index in [0.717, 1.165) is 0 Å². The van der Waals surface area contributed by atoms with Crippen molar-refractivity contribution in [3.63, 3.8) is 0 Å². The van der Waals surface area contributed by atoms with E-state index < -0.39 is 0 Å². The fourth-order valence-corrected chi connectivity index (χ4v) is 2.21. The number of aromatic hydroxyl groups is 2. The first-order chi connectivity index (χ1) is 8.04. The van der Waals surface area contributed by atoms with Crippen LogP contribution in [-0.2, 0) is 0 Å². The van der Waals surface area contributed by atoms with Crippen LogP contribution >= 0.6 is 34.8 Å². The first-order valence-electron chi connectivity index (χ1n) is 4.67. The van der Waals surface area contributed by atoms with E-state index in [-0.39, 0.29) is 32.1 Å². The van der Waals surface area contributed by atoms with E-state index in [1.807, 2.05) is 6.07 Å². The molecule has 2 N–H and O–H groups in total. The summed E-state index contributed by atoms with van der Waals surface area (Å²) in [6.07, 6.45) is 0. The Morgan fingerprint density at radius 3 is 1.82 bits per heavy atom. The highest BCUT2D eigenvalue weighted by molar-refractivity contribution is 6.47. The summed E-state index contributed by atoms with van der Waals surface area (Å²) in [6.45, 7) is 0. The van der Waals surface area contributed by atoms with Crippen molar-refractivity contribution < 1.29 is 10.2 Å². The van der Waals surface area contributed by atoms with Gasteiger partial charge in [-0.1, -0.05) is 65.1 Å². The average molecular weight is 290 g/mol. The minimum absolute atomic E-state index is 0.0249. The number of phenols is 2. The van der Waals surface area contributed by atoms with Gasteiger partial charge >= 0.3 is 0 Å². The lowest BCUT2D eigenvalue weighted by molar-refractivity contribution is 0.462. The van der Waals surface area contributed by atoms with Crippen molar-refractivity contribution in [3.05, 3.63) is 45.4 Å². The molecule has 0 bridgehead atoms. The Morgan fingerprint density at radius 1 is 0.706 bits per heavy atom. The third-order valence-electron chi connectivity index (χ3n) is 2.34. The first-order valence-corrected chi connectivity index (χ1v) is 5.81. The monoisotopic (exact) mass is 288 g/mol. The van der Waals surface area contributed by atoms with Crippen molar-refractivity contribution in [3.8, 4) is 22.6 Å². The van der Waals surface area contributed by atoms with Crippen molar-refractivity contribution >= 4 is 34.8 Å². The molecule has 5 heteroatoms. The molecule has 0 aliphatic carbocycles. The zero-order valence-electron chi connectivity index (χ0n) is 8.42. The molecule has 0 aromatic heterocycles. The van der Waals surface area contributed by atoms with Crippen LogP contribution in [0.25, 0.3) is 11.1 Å². The van der Waals surface area contributed by atoms with Crippen LogP contribution in [-0.4, -0.2) is 10.2 Å². The molecule has 0 aliphatic heterocycles. The van der Waals surface area contributed by atoms with Gasteiger partial charge in [-0.2, -0.15) is 0 Å². The number of benzene rings is 2. The molecule has 0 saturated carbocycles. The maximum atomic E-state index is 9.93. The number of hydrogen-bond donors (Lipinski definition) is 2. The Bertz CT molecular complexity index is 539. The molecule has 0 heterocycles. The lowest BCUT2D eigenvalue weighted by Crippen LogP contribution is -1.85. The van der Waals surface area contributed by atoms with Gasteiger partial charge in [-0.05, 0) is 5.56 Å². The van der Waals surface area contributed by atoms with Crippen LogP contribution in [0.2, 0.25) is 15.1 Å². The molecule has 2 nitrogen and oxygen atoms in total. The van der Waals surface area contributed by atoms with Crippen LogP contribution < -0.4 is 0 Å². The van der Waals surface area contributed by atoms with Crippen LogP contribution in [0.3, 0.4) is 0 Å². The third-order valence-corrected chi connectivity index (χ3v) is 3.54. The van der Waals surface area contributed by atoms with Gasteiger partial charge in [0.2, 0.25) is 0 Å². The van der Waals surface area contributed by atoms with Gasteiger partial charge in [0.25, 0.3) is 0 Å². The summed E-state index contributed by atoms with van der Waals surface area (Å²) in [5, 5.41) is 19.3. The van der Waals surface area contributed by atoms with E-state index in [2.05, 4.69) is 0 Å². The van der Waals surface area contributed by atoms with Gasteiger partial charge in [0.1, 0.15) is 15.8 Å². The van der Waals surface area contributed by atoms with Gasteiger partial charge < -0.3 is 10.2 Å². The van der Waals surface area contributed by atoms with Crippen LogP contribution in [0.1, 0.15) is 0 Å². The molecule has 0 saturated heterocycles. The zero-order valence-corrected chi connectivity index (χ0v) is 10.7. The second kappa shape index (κ2) is 4.65. The Kier molecular flexibility index (Phi) is 3.38. The molecule has 2 aromatic carbocycles. The van der Waals surface area contributed by atoms with Gasteiger partial charge in [0.05, 0.1) is 5.02 Å². The quantitative estimate of drug-likeness (QED) is 0.589. The molecule has 0 spiro atoms. The summed E-state index contributed by atoms with van der Waals surface area (Å²) in [5.74, 6) is -0.583. The minimum Gasteiger partial charge on any atom is -0.506 e. The van der Waals surface area contributed by atoms with Gasteiger partial charge in [0, 0.05) is 5.56 Å². The van der Waals surface area contributed by atoms with Gasteiger partial charge in [0.15, 0.2) is 5.75 Å². The molecular formula is C12H7Cl3O2. The molecule has 0 fully saturated rings. The molecule has 0 aliphatic rings. The van der Waals surface area contributed by atoms with Crippen molar-refractivity contribution in [1.82, 2.24) is 0 Å². The fourth-order valence-electron chi connectivity index (χ4n) is 1.50. The maximum absolute atomic E-state index is 9.93. The summed E-state index contributed by atoms with van der Waals surface area (Å²) in [5.41, 5.74) is 0.906. The van der Waals surface area contributed by atoms with E-state index in [4.69, 9.17) is 34.8 Å². The van der Waals surface area contributed by atoms with Gasteiger partial charge in [-0.3, -0.25) is 0 Å². The van der Waals surface area contributed by atoms with Crippen LogP contribution in [0.5, 0.6) is 11.5 Å². The molecule has 2 aromatic rings. The first kappa shape index (κ1) is 12.4. The number of halogens is 3. The lowest BCUT2D eigenvalue weighted by atomic mass is 10.0. The van der Waals surface area contributed by atoms with Crippen molar-refractivity contribution in [2.24, 2.45) is 0 Å². The molecule has 0 atom stereocenters. The maximum Gasteiger partial charge on any atom is 0.155 e. The SMILES string of the molecule is Oc1c(Cl)c(Cl)c(O)c(-c2ccccc2)c1Cl. The molecule has 88 valence electrons. The molecule has 17 heavy (non-hydrogen) atoms. The molecule has 0 unspecified atom stereocenters. The van der Waals surface area contributed by atoms with Crippen LogP contribution in [0.4, 0.5) is 0 Å². The average Bonchev–Trinajstić information content (AvgIpc) is 2.36. The summed E-state index contributed by atoms with van der Waals surface area (Å²) < 4.78 is 0. The molecule has 2 rings (SSSR count). The predicted octanol–water partition coefficient (Wildman–Crippen LogP) is 4.73. The Morgan fingerprint density at radius 2 is 1.24 bits per heavy atom. The van der Waals surface area contributed by atoms with Crippen molar-refractivity contribution in [1.29, 1.82) is 0 Å². The molecule has 0 amide bonds. The fraction of sp³-hybridized carbons (Fsp3) is 0. The van der Waals surface area contributed by atoms with E-state index in [1.54, 1.807) is 24.3 Å². The summed E-state index contributed by atoms with van der Waals surface area (Å²) in [4.78, 5) is 0. The summed E-state index contributed by atoms with van der Waals surface area (Å²) in [7, 11) is 0. The predicted molar refractivity (Wildman–Crippen MR) is 70.2 cm³/mol. The summed E-state index contributed by atoms with van der Waals surface area (Å²) >= 11 is 17.5. The van der Waals surface area contributed by atoms with Gasteiger partial charge in [-0.25, -0.2) is 0 Å². The Hall–Kier alpha value is -1.09. The normalized spacial score (nSPS) is 10.5. The molecular weight excluding hydrogens is 282 g/mol. The highest BCUT2D eigenvalue weighted by Gasteiger charge is 2.21. The third kappa shape index (κ3) is 2.04. The number of hydrogen-bond acceptors (Lipinski definition) is 2. The van der Waals surface area contributed by atoms with E-state index in [0.29, 0.717) is 5.56 Å². The smallest absolute Gasteiger partial charge is 0.155 e. The van der Waals surface area contributed by atoms with E-state index in [9.17, 15) is 10.2 Å². The minimum atomic E-state index is -0.338. The second-order valence-corrected chi connectivity index (χ2v) is 4.51. The standard InChI is InChI=1S/C12H7Cl3O2/c13-8-7(6-4-2-1-3-5-6)11(16)9(14)10(15)12(8)17/h1-5,16-17H. The van der Waals surface area contributed by atoms with Gasteiger partial charge in [-0.15, -0.1) is 0 Å². The highest BCUT2D eigenvalue weighted by Crippen LogP contribution is 2.50. The van der Waals surface area contributed by atoms with Crippen LogP contribution in [0, 0.1) is 0 Å². The van der Waals surface area contributed by atoms with E-state index >= 15 is 0 Å². The van der Waals surface area contributed by atoms with E-state index in [1.165, 1.54) is 0 Å². The Labute approximate surface area is 113 Å². The second-order valence-electron chi connectivity index (χ2n) is 3.38. The van der Waals surface area contributed by atoms with Crippen molar-refractivity contribution in [2.75, 3.05) is 0 Å². The molecule has 0 radical (unpaired) electrons. The lowest BCUT2D eigenvalue weighted by Gasteiger charge is -2.12. The zero-order chi connectivity index (χ0) is 12.6. The largest absolute Gasteiger partial charge is 0.506 e. The number of phenolic OH excluding ortho intramolecular Hbond substituents is 2. The summed E-state index contributed by atoms with van der Waals surface area (Å²) in [6, 6.07) is 8.87. The highest BCUT2D eigenvalue weighted by atomic mass is 35.5. The Balaban J connectivity index is 2.80. The number of rotatable bonds is 1. The van der Waals surface area contributed by atoms with Crippen LogP contribution in [0.15, 0.2) is 30.3 Å².